The SMILES string of the molecule is C=CCOc1ccc(NC(=O)C(=O)N/N=C\c2cc(Br)ccc2OCC(=O)Nc2cc(Cl)cc(Cl)c2)cc1. The lowest BCUT2D eigenvalue weighted by Crippen LogP contribution is -2.32. The van der Waals surface area contributed by atoms with Crippen molar-refractivity contribution < 1.29 is 23.9 Å². The van der Waals surface area contributed by atoms with Crippen LogP contribution in [0.4, 0.5) is 11.4 Å². The Bertz CT molecular complexity index is 1350. The van der Waals surface area contributed by atoms with Crippen molar-refractivity contribution in [2.24, 2.45) is 5.10 Å². The minimum atomic E-state index is -0.981. The van der Waals surface area contributed by atoms with Gasteiger partial charge < -0.3 is 20.1 Å². The van der Waals surface area contributed by atoms with Crippen LogP contribution in [0.15, 0.2) is 82.9 Å². The first-order valence-electron chi connectivity index (χ1n) is 10.9. The summed E-state index contributed by atoms with van der Waals surface area (Å²) in [6.45, 7) is 3.60. The molecule has 0 bridgehead atoms. The fourth-order valence-electron chi connectivity index (χ4n) is 2.91. The van der Waals surface area contributed by atoms with E-state index in [1.807, 2.05) is 0 Å². The second kappa shape index (κ2) is 14.2. The number of anilines is 2. The fraction of sp³-hybridized carbons (Fsp3) is 0.0769. The van der Waals surface area contributed by atoms with Gasteiger partial charge in [-0.05, 0) is 60.7 Å². The third kappa shape index (κ3) is 9.22. The monoisotopic (exact) mass is 618 g/mol. The Morgan fingerprint density at radius 1 is 0.895 bits per heavy atom. The number of hydrogen-bond donors (Lipinski definition) is 3. The van der Waals surface area contributed by atoms with Crippen LogP contribution in [0.3, 0.4) is 0 Å². The lowest BCUT2D eigenvalue weighted by Gasteiger charge is -2.10. The molecule has 0 aliphatic rings. The maximum absolute atomic E-state index is 12.3. The van der Waals surface area contributed by atoms with Crippen molar-refractivity contribution in [1.82, 2.24) is 5.43 Å². The molecule has 3 rings (SSSR count). The minimum Gasteiger partial charge on any atom is -0.490 e. The summed E-state index contributed by atoms with van der Waals surface area (Å²) in [6, 6.07) is 16.1. The summed E-state index contributed by atoms with van der Waals surface area (Å²) in [6.07, 6.45) is 2.89. The molecule has 0 aromatic heterocycles. The molecular formula is C26H21BrCl2N4O5. The fourth-order valence-corrected chi connectivity index (χ4v) is 3.81. The number of halogens is 3. The van der Waals surface area contributed by atoms with Crippen LogP contribution in [0.1, 0.15) is 5.56 Å². The van der Waals surface area contributed by atoms with Crippen LogP contribution in [0.5, 0.6) is 11.5 Å². The number of hydrazone groups is 1. The number of nitrogens with zero attached hydrogens (tertiary/aromatic N) is 1. The van der Waals surface area contributed by atoms with Crippen LogP contribution in [0, 0.1) is 0 Å². The van der Waals surface area contributed by atoms with Crippen molar-refractivity contribution in [2.75, 3.05) is 23.8 Å². The number of amides is 3. The van der Waals surface area contributed by atoms with Gasteiger partial charge in [0.25, 0.3) is 5.91 Å². The molecule has 38 heavy (non-hydrogen) atoms. The molecule has 12 heteroatoms. The second-order valence-corrected chi connectivity index (χ2v) is 9.24. The van der Waals surface area contributed by atoms with Crippen molar-refractivity contribution in [2.45, 2.75) is 0 Å². The lowest BCUT2D eigenvalue weighted by molar-refractivity contribution is -0.136. The Hall–Kier alpha value is -3.86. The molecule has 3 aromatic rings. The van der Waals surface area contributed by atoms with Crippen molar-refractivity contribution in [3.63, 3.8) is 0 Å². The number of nitrogens with one attached hydrogen (secondary N) is 3. The van der Waals surface area contributed by atoms with Gasteiger partial charge in [0.1, 0.15) is 18.1 Å². The molecule has 3 N–H and O–H groups in total. The van der Waals surface area contributed by atoms with E-state index in [4.69, 9.17) is 32.7 Å². The van der Waals surface area contributed by atoms with E-state index < -0.39 is 17.7 Å². The molecule has 0 saturated carbocycles. The predicted octanol–water partition coefficient (Wildman–Crippen LogP) is 5.43. The number of benzene rings is 3. The molecule has 0 fully saturated rings. The smallest absolute Gasteiger partial charge is 0.329 e. The third-order valence-corrected chi connectivity index (χ3v) is 5.46. The van der Waals surface area contributed by atoms with Gasteiger partial charge >= 0.3 is 11.8 Å². The Balaban J connectivity index is 1.55. The molecule has 0 unspecified atom stereocenters. The van der Waals surface area contributed by atoms with E-state index in [2.05, 4.69) is 43.7 Å². The highest BCUT2D eigenvalue weighted by molar-refractivity contribution is 9.10. The number of carbonyl (C=O) groups excluding carboxylic acids is 3. The molecule has 9 nitrogen and oxygen atoms in total. The van der Waals surface area contributed by atoms with Gasteiger partial charge in [-0.15, -0.1) is 0 Å². The zero-order chi connectivity index (χ0) is 27.5. The number of rotatable bonds is 10. The van der Waals surface area contributed by atoms with Crippen LogP contribution in [0.25, 0.3) is 0 Å². The first kappa shape index (κ1) is 28.7. The van der Waals surface area contributed by atoms with Crippen LogP contribution in [-0.2, 0) is 14.4 Å². The zero-order valence-electron chi connectivity index (χ0n) is 19.7. The molecular weight excluding hydrogens is 599 g/mol. The average Bonchev–Trinajstić information content (AvgIpc) is 2.87. The van der Waals surface area contributed by atoms with E-state index in [1.165, 1.54) is 6.21 Å². The van der Waals surface area contributed by atoms with Crippen LogP contribution >= 0.6 is 39.1 Å². The highest BCUT2D eigenvalue weighted by Crippen LogP contribution is 2.24. The van der Waals surface area contributed by atoms with Gasteiger partial charge in [-0.25, -0.2) is 5.43 Å². The predicted molar refractivity (Wildman–Crippen MR) is 151 cm³/mol. The summed E-state index contributed by atoms with van der Waals surface area (Å²) in [5.74, 6) is -1.43. The second-order valence-electron chi connectivity index (χ2n) is 7.45. The molecule has 3 aromatic carbocycles. The Morgan fingerprint density at radius 3 is 2.29 bits per heavy atom. The molecule has 0 aliphatic carbocycles. The van der Waals surface area contributed by atoms with Crippen molar-refractivity contribution >= 4 is 74.4 Å². The summed E-state index contributed by atoms with van der Waals surface area (Å²) in [4.78, 5) is 36.6. The van der Waals surface area contributed by atoms with Gasteiger partial charge in [0, 0.05) is 31.5 Å². The van der Waals surface area contributed by atoms with Gasteiger partial charge in [-0.2, -0.15) is 5.10 Å². The van der Waals surface area contributed by atoms with Crippen LogP contribution < -0.4 is 25.5 Å². The lowest BCUT2D eigenvalue weighted by atomic mass is 10.2. The normalized spacial score (nSPS) is 10.5. The quantitative estimate of drug-likeness (QED) is 0.121. The summed E-state index contributed by atoms with van der Waals surface area (Å²) in [5.41, 5.74) is 3.42. The molecule has 196 valence electrons. The van der Waals surface area contributed by atoms with Gasteiger partial charge in [-0.1, -0.05) is 51.8 Å². The van der Waals surface area contributed by atoms with Crippen molar-refractivity contribution in [3.8, 4) is 11.5 Å². The topological polar surface area (TPSA) is 118 Å². The molecule has 3 amide bonds. The summed E-state index contributed by atoms with van der Waals surface area (Å²) in [5, 5.41) is 9.68. The van der Waals surface area contributed by atoms with Gasteiger partial charge in [0.2, 0.25) is 0 Å². The standard InChI is InChI=1S/C26H21BrCl2N4O5/c1-2-9-37-22-6-4-20(5-7-22)32-25(35)26(36)33-30-14-16-10-17(27)3-8-23(16)38-15-24(34)31-21-12-18(28)11-19(29)13-21/h2-8,10-14H,1,9,15H2,(H,31,34)(H,32,35)(H,33,36)/b30-14-. The number of ether oxygens (including phenoxy) is 2. The summed E-state index contributed by atoms with van der Waals surface area (Å²) < 4.78 is 11.7. The van der Waals surface area contributed by atoms with E-state index in [0.717, 1.165) is 0 Å². The van der Waals surface area contributed by atoms with Crippen molar-refractivity contribution in [3.05, 3.63) is 93.4 Å². The highest BCUT2D eigenvalue weighted by atomic mass is 79.9. The van der Waals surface area contributed by atoms with Crippen molar-refractivity contribution in [1.29, 1.82) is 0 Å². The molecule has 0 saturated heterocycles. The van der Waals surface area contributed by atoms with Gasteiger partial charge in [0.15, 0.2) is 6.61 Å². The summed E-state index contributed by atoms with van der Waals surface area (Å²) in [7, 11) is 0. The maximum Gasteiger partial charge on any atom is 0.329 e. The molecule has 0 heterocycles. The van der Waals surface area contributed by atoms with Crippen LogP contribution in [0.2, 0.25) is 10.0 Å². The molecule has 0 atom stereocenters. The maximum atomic E-state index is 12.3. The highest BCUT2D eigenvalue weighted by Gasteiger charge is 2.13. The first-order chi connectivity index (χ1) is 18.2. The average molecular weight is 620 g/mol. The zero-order valence-corrected chi connectivity index (χ0v) is 22.8. The largest absolute Gasteiger partial charge is 0.490 e. The van der Waals surface area contributed by atoms with E-state index >= 15 is 0 Å². The number of carbonyl (C=O) groups is 3. The number of hydrogen-bond acceptors (Lipinski definition) is 6. The first-order valence-corrected chi connectivity index (χ1v) is 12.4. The molecule has 0 spiro atoms. The van der Waals surface area contributed by atoms with Crippen LogP contribution in [-0.4, -0.2) is 37.1 Å². The van der Waals surface area contributed by atoms with E-state index in [-0.39, 0.29) is 6.61 Å². The third-order valence-electron chi connectivity index (χ3n) is 4.53. The Morgan fingerprint density at radius 2 is 1.61 bits per heavy atom. The van der Waals surface area contributed by atoms with E-state index in [9.17, 15) is 14.4 Å². The molecule has 0 aliphatic heterocycles. The van der Waals surface area contributed by atoms with Gasteiger partial charge in [-0.3, -0.25) is 14.4 Å². The Kier molecular flexibility index (Phi) is 10.7. The molecule has 0 radical (unpaired) electrons. The van der Waals surface area contributed by atoms with E-state index in [0.29, 0.717) is 49.6 Å². The Labute approximate surface area is 236 Å². The minimum absolute atomic E-state index is 0.314. The summed E-state index contributed by atoms with van der Waals surface area (Å²) >= 11 is 15.2. The van der Waals surface area contributed by atoms with Gasteiger partial charge in [0.05, 0.1) is 6.21 Å². The van der Waals surface area contributed by atoms with E-state index in [1.54, 1.807) is 66.7 Å².